The molecule has 3 nitrogen and oxygen atoms in total. The second kappa shape index (κ2) is 4.07. The Labute approximate surface area is 84.1 Å². The summed E-state index contributed by atoms with van der Waals surface area (Å²) in [6.45, 7) is 6.05. The molecular formula is C11H15NO2. The van der Waals surface area contributed by atoms with E-state index in [-0.39, 0.29) is 6.10 Å². The highest BCUT2D eigenvalue weighted by molar-refractivity contribution is 5.21. The maximum absolute atomic E-state index is 5.59. The van der Waals surface area contributed by atoms with Gasteiger partial charge in [0.05, 0.1) is 25.5 Å². The zero-order valence-corrected chi connectivity index (χ0v) is 8.62. The van der Waals surface area contributed by atoms with E-state index in [4.69, 9.17) is 9.47 Å². The minimum Gasteiger partial charge on any atom is -0.376 e. The third kappa shape index (κ3) is 2.11. The Hall–Kier alpha value is -0.930. The van der Waals surface area contributed by atoms with E-state index in [0.29, 0.717) is 19.8 Å². The van der Waals surface area contributed by atoms with Gasteiger partial charge >= 0.3 is 0 Å². The molecule has 0 amide bonds. The van der Waals surface area contributed by atoms with Gasteiger partial charge in [0.25, 0.3) is 0 Å². The summed E-state index contributed by atoms with van der Waals surface area (Å²) in [5.74, 6) is 0. The lowest BCUT2D eigenvalue weighted by molar-refractivity contribution is -0.0918. The van der Waals surface area contributed by atoms with E-state index >= 15 is 0 Å². The highest BCUT2D eigenvalue weighted by Gasteiger charge is 2.18. The molecule has 1 unspecified atom stereocenters. The molecule has 0 spiro atoms. The van der Waals surface area contributed by atoms with Crippen molar-refractivity contribution in [2.45, 2.75) is 20.0 Å². The largest absolute Gasteiger partial charge is 0.376 e. The van der Waals surface area contributed by atoms with Crippen molar-refractivity contribution in [2.75, 3.05) is 19.8 Å². The molecule has 1 aromatic heterocycles. The van der Waals surface area contributed by atoms with E-state index in [1.807, 2.05) is 6.92 Å². The van der Waals surface area contributed by atoms with Crippen LogP contribution in [0, 0.1) is 13.8 Å². The molecule has 1 fully saturated rings. The normalized spacial score (nSPS) is 22.3. The van der Waals surface area contributed by atoms with Crippen LogP contribution in [0.25, 0.3) is 0 Å². The number of rotatable bonds is 1. The van der Waals surface area contributed by atoms with Crippen LogP contribution in [0.1, 0.15) is 23.1 Å². The summed E-state index contributed by atoms with van der Waals surface area (Å²) in [5, 5.41) is 0. The SMILES string of the molecule is Cc1cc(C)nc(C2COCCO2)c1. The summed E-state index contributed by atoms with van der Waals surface area (Å²) in [5.41, 5.74) is 3.25. The van der Waals surface area contributed by atoms with E-state index in [2.05, 4.69) is 24.0 Å². The number of pyridine rings is 1. The van der Waals surface area contributed by atoms with Crippen molar-refractivity contribution >= 4 is 0 Å². The van der Waals surface area contributed by atoms with Gasteiger partial charge in [0, 0.05) is 5.69 Å². The molecule has 0 radical (unpaired) electrons. The lowest BCUT2D eigenvalue weighted by Gasteiger charge is -2.22. The maximum atomic E-state index is 5.59. The highest BCUT2D eigenvalue weighted by atomic mass is 16.6. The molecular weight excluding hydrogens is 178 g/mol. The summed E-state index contributed by atoms with van der Waals surface area (Å²) in [6, 6.07) is 4.12. The first kappa shape index (κ1) is 9.62. The summed E-state index contributed by atoms with van der Waals surface area (Å²) in [7, 11) is 0. The van der Waals surface area contributed by atoms with Gasteiger partial charge < -0.3 is 9.47 Å². The quantitative estimate of drug-likeness (QED) is 0.681. The fourth-order valence-corrected chi connectivity index (χ4v) is 1.70. The Morgan fingerprint density at radius 3 is 2.79 bits per heavy atom. The number of aryl methyl sites for hydroxylation is 2. The number of nitrogens with zero attached hydrogens (tertiary/aromatic N) is 1. The van der Waals surface area contributed by atoms with Crippen molar-refractivity contribution in [1.29, 1.82) is 0 Å². The topological polar surface area (TPSA) is 31.4 Å². The lowest BCUT2D eigenvalue weighted by Crippen LogP contribution is -2.22. The Kier molecular flexibility index (Phi) is 2.79. The molecule has 0 bridgehead atoms. The van der Waals surface area contributed by atoms with Gasteiger partial charge in [0.15, 0.2) is 0 Å². The Bertz CT molecular complexity index is 299. The first-order valence-electron chi connectivity index (χ1n) is 4.90. The number of ether oxygens (including phenoxy) is 2. The minimum atomic E-state index is 0.0161. The van der Waals surface area contributed by atoms with Crippen LogP contribution in [0.2, 0.25) is 0 Å². The number of hydrogen-bond acceptors (Lipinski definition) is 3. The Morgan fingerprint density at radius 1 is 1.29 bits per heavy atom. The summed E-state index contributed by atoms with van der Waals surface area (Å²) >= 11 is 0. The van der Waals surface area contributed by atoms with Crippen LogP contribution in [0.4, 0.5) is 0 Å². The molecule has 0 saturated carbocycles. The highest BCUT2D eigenvalue weighted by Crippen LogP contribution is 2.20. The zero-order chi connectivity index (χ0) is 9.97. The summed E-state index contributed by atoms with van der Waals surface area (Å²) in [6.07, 6.45) is 0.0161. The van der Waals surface area contributed by atoms with Gasteiger partial charge in [0.1, 0.15) is 6.10 Å². The molecule has 14 heavy (non-hydrogen) atoms. The standard InChI is InChI=1S/C11H15NO2/c1-8-5-9(2)12-10(6-8)11-7-13-3-4-14-11/h5-6,11H,3-4,7H2,1-2H3. The average Bonchev–Trinajstić information content (AvgIpc) is 2.18. The predicted molar refractivity (Wildman–Crippen MR) is 53.2 cm³/mol. The van der Waals surface area contributed by atoms with E-state index < -0.39 is 0 Å². The molecule has 1 saturated heterocycles. The van der Waals surface area contributed by atoms with Crippen molar-refractivity contribution < 1.29 is 9.47 Å². The Morgan fingerprint density at radius 2 is 2.14 bits per heavy atom. The maximum Gasteiger partial charge on any atom is 0.123 e. The second-order valence-corrected chi connectivity index (χ2v) is 3.65. The van der Waals surface area contributed by atoms with Gasteiger partial charge in [-0.15, -0.1) is 0 Å². The summed E-state index contributed by atoms with van der Waals surface area (Å²) in [4.78, 5) is 4.45. The first-order valence-corrected chi connectivity index (χ1v) is 4.90. The number of hydrogen-bond donors (Lipinski definition) is 0. The predicted octanol–water partition coefficient (Wildman–Crippen LogP) is 1.79. The third-order valence-electron chi connectivity index (χ3n) is 2.26. The van der Waals surface area contributed by atoms with E-state index in [9.17, 15) is 0 Å². The minimum absolute atomic E-state index is 0.0161. The van der Waals surface area contributed by atoms with Gasteiger partial charge in [-0.05, 0) is 31.5 Å². The van der Waals surface area contributed by atoms with E-state index in [0.717, 1.165) is 11.4 Å². The third-order valence-corrected chi connectivity index (χ3v) is 2.26. The van der Waals surface area contributed by atoms with Crippen LogP contribution in [0.5, 0.6) is 0 Å². The van der Waals surface area contributed by atoms with Crippen LogP contribution in [0.3, 0.4) is 0 Å². The molecule has 1 aliphatic heterocycles. The second-order valence-electron chi connectivity index (χ2n) is 3.65. The van der Waals surface area contributed by atoms with Crippen LogP contribution in [-0.4, -0.2) is 24.8 Å². The first-order chi connectivity index (χ1) is 6.75. The molecule has 3 heteroatoms. The molecule has 1 aliphatic rings. The zero-order valence-electron chi connectivity index (χ0n) is 8.62. The van der Waals surface area contributed by atoms with E-state index in [1.165, 1.54) is 5.56 Å². The van der Waals surface area contributed by atoms with Gasteiger partial charge in [-0.1, -0.05) is 0 Å². The van der Waals surface area contributed by atoms with Crippen molar-refractivity contribution in [3.05, 3.63) is 29.1 Å². The van der Waals surface area contributed by atoms with Crippen LogP contribution in [0.15, 0.2) is 12.1 Å². The lowest BCUT2D eigenvalue weighted by atomic mass is 10.1. The molecule has 2 heterocycles. The Balaban J connectivity index is 2.21. The number of aromatic nitrogens is 1. The van der Waals surface area contributed by atoms with Crippen molar-refractivity contribution in [3.63, 3.8) is 0 Å². The fourth-order valence-electron chi connectivity index (χ4n) is 1.70. The molecule has 0 N–H and O–H groups in total. The van der Waals surface area contributed by atoms with Crippen LogP contribution in [-0.2, 0) is 9.47 Å². The van der Waals surface area contributed by atoms with Crippen molar-refractivity contribution in [3.8, 4) is 0 Å². The summed E-state index contributed by atoms with van der Waals surface area (Å²) < 4.78 is 10.9. The average molecular weight is 193 g/mol. The smallest absolute Gasteiger partial charge is 0.123 e. The molecule has 76 valence electrons. The molecule has 2 rings (SSSR count). The van der Waals surface area contributed by atoms with Gasteiger partial charge in [0.2, 0.25) is 0 Å². The molecule has 1 atom stereocenters. The van der Waals surface area contributed by atoms with Gasteiger partial charge in [-0.3, -0.25) is 4.98 Å². The molecule has 0 aromatic carbocycles. The monoisotopic (exact) mass is 193 g/mol. The molecule has 0 aliphatic carbocycles. The van der Waals surface area contributed by atoms with Gasteiger partial charge in [-0.25, -0.2) is 0 Å². The van der Waals surface area contributed by atoms with E-state index in [1.54, 1.807) is 0 Å². The molecule has 1 aromatic rings. The van der Waals surface area contributed by atoms with Gasteiger partial charge in [-0.2, -0.15) is 0 Å². The van der Waals surface area contributed by atoms with Crippen molar-refractivity contribution in [1.82, 2.24) is 4.98 Å². The van der Waals surface area contributed by atoms with Crippen molar-refractivity contribution in [2.24, 2.45) is 0 Å². The van der Waals surface area contributed by atoms with Crippen LogP contribution < -0.4 is 0 Å². The fraction of sp³-hybridized carbons (Fsp3) is 0.545. The van der Waals surface area contributed by atoms with Crippen LogP contribution >= 0.6 is 0 Å².